The molecule has 0 spiro atoms. The van der Waals surface area contributed by atoms with Crippen LogP contribution in [-0.2, 0) is 0 Å². The maximum atomic E-state index is 6.67. The minimum Gasteiger partial charge on any atom is -0.456 e. The highest BCUT2D eigenvalue weighted by atomic mass is 16.3. The molecule has 1 atom stereocenters. The Hall–Kier alpha value is -8.48. The zero-order valence-corrected chi connectivity index (χ0v) is 35.4. The fourth-order valence-electron chi connectivity index (χ4n) is 10.5. The average molecular weight is 835 g/mol. The Bertz CT molecular complexity index is 4190. The van der Waals surface area contributed by atoms with Crippen molar-refractivity contribution in [2.75, 3.05) is 0 Å². The molecule has 0 radical (unpaired) electrons. The Morgan fingerprint density at radius 1 is 0.446 bits per heavy atom. The van der Waals surface area contributed by atoms with Crippen molar-refractivity contribution in [2.24, 2.45) is 15.9 Å². The topological polar surface area (TPSA) is 60.9 Å². The first-order chi connectivity index (χ1) is 32.1. The molecular formula is C59H38N4O2. The van der Waals surface area contributed by atoms with Gasteiger partial charge in [-0.15, -0.1) is 0 Å². The van der Waals surface area contributed by atoms with Crippen molar-refractivity contribution < 1.29 is 8.83 Å². The van der Waals surface area contributed by atoms with Crippen molar-refractivity contribution in [1.29, 1.82) is 0 Å². The predicted octanol–water partition coefficient (Wildman–Crippen LogP) is 15.6. The molecule has 0 saturated heterocycles. The maximum Gasteiger partial charge on any atom is 0.161 e. The third-order valence-electron chi connectivity index (χ3n) is 13.6. The van der Waals surface area contributed by atoms with Crippen LogP contribution < -0.4 is 0 Å². The number of hydrogen-bond donors (Lipinski definition) is 0. The van der Waals surface area contributed by atoms with Gasteiger partial charge in [-0.2, -0.15) is 0 Å². The Morgan fingerprint density at radius 3 is 1.75 bits per heavy atom. The highest BCUT2D eigenvalue weighted by Gasteiger charge is 2.27. The summed E-state index contributed by atoms with van der Waals surface area (Å²) in [5, 5.41) is 11.4. The van der Waals surface area contributed by atoms with Crippen molar-refractivity contribution in [3.63, 3.8) is 0 Å². The molecule has 5 heterocycles. The number of allylic oxidation sites excluding steroid dienone is 1. The molecule has 1 unspecified atom stereocenters. The number of nitrogens with zero attached hydrogens (tertiary/aromatic N) is 4. The third kappa shape index (κ3) is 5.34. The van der Waals surface area contributed by atoms with E-state index in [0.29, 0.717) is 12.3 Å². The van der Waals surface area contributed by atoms with Gasteiger partial charge in [0.1, 0.15) is 28.2 Å². The van der Waals surface area contributed by atoms with Crippen LogP contribution in [0.25, 0.3) is 110 Å². The fraction of sp³-hybridized carbons (Fsp3) is 0.0508. The van der Waals surface area contributed by atoms with Gasteiger partial charge in [-0.1, -0.05) is 134 Å². The van der Waals surface area contributed by atoms with Crippen LogP contribution in [0.3, 0.4) is 0 Å². The summed E-state index contributed by atoms with van der Waals surface area (Å²) >= 11 is 0. The summed E-state index contributed by atoms with van der Waals surface area (Å²) in [7, 11) is 0. The second-order valence-corrected chi connectivity index (χ2v) is 17.3. The van der Waals surface area contributed by atoms with Crippen LogP contribution in [0.1, 0.15) is 24.5 Å². The first-order valence-corrected chi connectivity index (χ1v) is 22.3. The minimum atomic E-state index is 0.00573. The quantitative estimate of drug-likeness (QED) is 0.178. The van der Waals surface area contributed by atoms with Gasteiger partial charge in [-0.25, -0.2) is 9.98 Å². The van der Waals surface area contributed by atoms with E-state index in [2.05, 4.69) is 192 Å². The van der Waals surface area contributed by atoms with E-state index in [0.717, 1.165) is 94.3 Å². The van der Waals surface area contributed by atoms with E-state index >= 15 is 0 Å². The van der Waals surface area contributed by atoms with Gasteiger partial charge < -0.3 is 13.4 Å². The van der Waals surface area contributed by atoms with E-state index in [-0.39, 0.29) is 5.92 Å². The summed E-state index contributed by atoms with van der Waals surface area (Å²) in [4.78, 5) is 11.5. The van der Waals surface area contributed by atoms with Crippen molar-refractivity contribution in [3.05, 3.63) is 205 Å². The Morgan fingerprint density at radius 2 is 1.02 bits per heavy atom. The van der Waals surface area contributed by atoms with E-state index in [9.17, 15) is 0 Å². The normalized spacial score (nSPS) is 17.3. The van der Waals surface area contributed by atoms with Crippen molar-refractivity contribution in [3.8, 4) is 5.69 Å². The molecule has 0 aliphatic carbocycles. The molecule has 65 heavy (non-hydrogen) atoms. The van der Waals surface area contributed by atoms with Gasteiger partial charge in [-0.3, -0.25) is 4.57 Å². The standard InChI is InChI=1S/C59H38N4O2/c1-35-26-30-47(44-29-31-54-56(45-20-8-13-25-53(45)64-54)57(44)62-48-21-9-6-18-41(48)46-32-36-14-2-3-15-37(36)33-51(46)62)60-58(38-27-28-43-42-19-7-12-24-52(42)65-55(43)34-38)61-59(35)63-49-22-10-4-16-39(49)40-17-5-11-23-50(40)63/h2-25,27-35H,26H2,1H3/b47-30+,60-58-,61-59+. The molecule has 0 N–H and O–H groups in total. The molecule has 6 heteroatoms. The SMILES string of the molecule is CC1C/C=C(c2ccc3oc4ccccc4c3c2-n2c3ccccc3c3cc4ccccc4cc32)/N=C(c2ccc3c(c2)oc2ccccc23)\N=C/1n1c2ccccc2c2ccccc21. The van der Waals surface area contributed by atoms with Gasteiger partial charge in [0.25, 0.3) is 0 Å². The molecular weight excluding hydrogens is 797 g/mol. The summed E-state index contributed by atoms with van der Waals surface area (Å²) in [6, 6.07) is 66.6. The number of furan rings is 2. The van der Waals surface area contributed by atoms with Gasteiger partial charge in [0.05, 0.1) is 38.8 Å². The number of aromatic nitrogens is 2. The molecule has 306 valence electrons. The molecule has 9 aromatic carbocycles. The van der Waals surface area contributed by atoms with Gasteiger partial charge in [0.15, 0.2) is 5.84 Å². The molecule has 0 amide bonds. The van der Waals surface area contributed by atoms with E-state index in [4.69, 9.17) is 18.8 Å². The molecule has 4 aromatic heterocycles. The van der Waals surface area contributed by atoms with Crippen molar-refractivity contribution >= 4 is 116 Å². The Kier molecular flexibility index (Phi) is 7.63. The monoisotopic (exact) mass is 834 g/mol. The number of hydrogen-bond acceptors (Lipinski definition) is 4. The van der Waals surface area contributed by atoms with E-state index in [1.165, 1.54) is 32.3 Å². The maximum absolute atomic E-state index is 6.67. The number of rotatable bonds is 3. The molecule has 0 saturated carbocycles. The van der Waals surface area contributed by atoms with Gasteiger partial charge >= 0.3 is 0 Å². The summed E-state index contributed by atoms with van der Waals surface area (Å²) in [6.07, 6.45) is 3.03. The van der Waals surface area contributed by atoms with Crippen molar-refractivity contribution in [1.82, 2.24) is 9.13 Å². The lowest BCUT2D eigenvalue weighted by Crippen LogP contribution is -2.23. The van der Waals surface area contributed by atoms with E-state index in [1.54, 1.807) is 0 Å². The van der Waals surface area contributed by atoms with Crippen molar-refractivity contribution in [2.45, 2.75) is 13.3 Å². The first-order valence-electron chi connectivity index (χ1n) is 22.3. The van der Waals surface area contributed by atoms with Crippen LogP contribution in [0.5, 0.6) is 0 Å². The van der Waals surface area contributed by atoms with Crippen LogP contribution in [-0.4, -0.2) is 20.8 Å². The van der Waals surface area contributed by atoms with Crippen LogP contribution in [0.2, 0.25) is 0 Å². The highest BCUT2D eigenvalue weighted by Crippen LogP contribution is 2.44. The second-order valence-electron chi connectivity index (χ2n) is 17.3. The number of para-hydroxylation sites is 5. The summed E-state index contributed by atoms with van der Waals surface area (Å²) < 4.78 is 18.0. The third-order valence-corrected chi connectivity index (χ3v) is 13.6. The van der Waals surface area contributed by atoms with Gasteiger partial charge in [0, 0.05) is 54.7 Å². The lowest BCUT2D eigenvalue weighted by Gasteiger charge is -2.22. The fourth-order valence-corrected chi connectivity index (χ4v) is 10.5. The molecule has 1 aliphatic rings. The van der Waals surface area contributed by atoms with Crippen LogP contribution in [0.4, 0.5) is 0 Å². The predicted molar refractivity (Wildman–Crippen MR) is 270 cm³/mol. The summed E-state index contributed by atoms with van der Waals surface area (Å²) in [5.74, 6) is 1.55. The van der Waals surface area contributed by atoms with Gasteiger partial charge in [-0.05, 0) is 83.9 Å². The Labute approximate surface area is 372 Å². The molecule has 0 bridgehead atoms. The first kappa shape index (κ1) is 36.0. The Balaban J connectivity index is 1.08. The van der Waals surface area contributed by atoms with Crippen LogP contribution >= 0.6 is 0 Å². The number of benzene rings is 9. The number of aliphatic imine (C=N–C) groups is 2. The smallest absolute Gasteiger partial charge is 0.161 e. The molecule has 0 fully saturated rings. The molecule has 1 aliphatic heterocycles. The summed E-state index contributed by atoms with van der Waals surface area (Å²) in [6.45, 7) is 2.29. The van der Waals surface area contributed by atoms with E-state index in [1.807, 2.05) is 18.2 Å². The molecule has 13 aromatic rings. The average Bonchev–Trinajstić information content (AvgIpc) is 4.10. The highest BCUT2D eigenvalue weighted by molar-refractivity contribution is 6.21. The minimum absolute atomic E-state index is 0.00573. The van der Waals surface area contributed by atoms with Gasteiger partial charge in [0.2, 0.25) is 0 Å². The lowest BCUT2D eigenvalue weighted by molar-refractivity contribution is 0.668. The zero-order valence-electron chi connectivity index (χ0n) is 35.4. The van der Waals surface area contributed by atoms with E-state index < -0.39 is 0 Å². The largest absolute Gasteiger partial charge is 0.456 e. The lowest BCUT2D eigenvalue weighted by atomic mass is 9.98. The number of amidine groups is 1. The van der Waals surface area contributed by atoms with Crippen LogP contribution in [0.15, 0.2) is 213 Å². The summed E-state index contributed by atoms with van der Waals surface area (Å²) in [5.41, 5.74) is 11.5. The number of fused-ring (bicyclic) bond motifs is 13. The zero-order chi connectivity index (χ0) is 42.8. The van der Waals surface area contributed by atoms with Crippen LogP contribution in [0, 0.1) is 5.92 Å². The molecule has 6 nitrogen and oxygen atoms in total. The second kappa shape index (κ2) is 13.8. The molecule has 14 rings (SSSR count).